The van der Waals surface area contributed by atoms with E-state index in [-0.39, 0.29) is 11.8 Å². The molecule has 1 aliphatic heterocycles. The van der Waals surface area contributed by atoms with Crippen LogP contribution < -0.4 is 4.90 Å². The quantitative estimate of drug-likeness (QED) is 0.382. The van der Waals surface area contributed by atoms with E-state index in [2.05, 4.69) is 49.6 Å². The van der Waals surface area contributed by atoms with Gasteiger partial charge in [-0.25, -0.2) is 14.6 Å². The van der Waals surface area contributed by atoms with E-state index in [0.29, 0.717) is 5.91 Å². The first-order valence-electron chi connectivity index (χ1n) is 13.4. The molecule has 0 aliphatic carbocycles. The van der Waals surface area contributed by atoms with Gasteiger partial charge in [-0.15, -0.1) is 0 Å². The summed E-state index contributed by atoms with van der Waals surface area (Å²) in [5.41, 5.74) is 1.85. The summed E-state index contributed by atoms with van der Waals surface area (Å²) in [4.78, 5) is 27.6. The van der Waals surface area contributed by atoms with Gasteiger partial charge < -0.3 is 9.80 Å². The van der Waals surface area contributed by atoms with Gasteiger partial charge in [0.05, 0.1) is 17.3 Å². The summed E-state index contributed by atoms with van der Waals surface area (Å²) in [6, 6.07) is 10.2. The number of aromatic nitrogens is 4. The Kier molecular flexibility index (Phi) is 8.37. The molecule has 0 radical (unpaired) electrons. The number of benzene rings is 1. The van der Waals surface area contributed by atoms with E-state index in [4.69, 9.17) is 15.1 Å². The molecule has 2 atom stereocenters. The molecule has 3 aromatic rings. The third kappa shape index (κ3) is 5.49. The molecular weight excluding hydrogens is 436 g/mol. The van der Waals surface area contributed by atoms with Crippen LogP contribution in [0.2, 0.25) is 0 Å². The van der Waals surface area contributed by atoms with Crippen molar-refractivity contribution in [2.24, 2.45) is 5.92 Å². The first kappa shape index (κ1) is 25.1. The van der Waals surface area contributed by atoms with E-state index in [1.165, 1.54) is 0 Å². The average Bonchev–Trinajstić information content (AvgIpc) is 3.33. The Morgan fingerprint density at radius 2 is 1.71 bits per heavy atom. The number of hydrogen-bond donors (Lipinski definition) is 0. The van der Waals surface area contributed by atoms with Crippen LogP contribution in [0.4, 0.5) is 5.82 Å². The van der Waals surface area contributed by atoms with Crippen LogP contribution >= 0.6 is 0 Å². The highest BCUT2D eigenvalue weighted by Gasteiger charge is 2.28. The van der Waals surface area contributed by atoms with Crippen LogP contribution in [0, 0.1) is 5.92 Å². The van der Waals surface area contributed by atoms with Crippen LogP contribution in [-0.4, -0.2) is 56.7 Å². The number of rotatable bonds is 10. The summed E-state index contributed by atoms with van der Waals surface area (Å²) in [7, 11) is 0. The zero-order valence-corrected chi connectivity index (χ0v) is 21.8. The lowest BCUT2D eigenvalue weighted by Crippen LogP contribution is -2.50. The molecule has 7 nitrogen and oxygen atoms in total. The highest BCUT2D eigenvalue weighted by atomic mass is 16.2. The number of para-hydroxylation sites is 1. The molecule has 7 heteroatoms. The zero-order chi connectivity index (χ0) is 24.8. The number of fused-ring (bicyclic) bond motifs is 1. The van der Waals surface area contributed by atoms with Gasteiger partial charge in [0.1, 0.15) is 11.6 Å². The van der Waals surface area contributed by atoms with Crippen molar-refractivity contribution in [1.82, 2.24) is 24.6 Å². The van der Waals surface area contributed by atoms with Crippen molar-refractivity contribution in [1.29, 1.82) is 0 Å². The molecule has 1 aromatic carbocycles. The van der Waals surface area contributed by atoms with E-state index in [0.717, 1.165) is 93.1 Å². The van der Waals surface area contributed by atoms with E-state index in [9.17, 15) is 4.79 Å². The monoisotopic (exact) mass is 476 g/mol. The number of hydrogen-bond acceptors (Lipinski definition) is 5. The lowest BCUT2D eigenvalue weighted by atomic mass is 9.97. The Morgan fingerprint density at radius 1 is 0.971 bits per heavy atom. The fraction of sp³-hybridized carbons (Fsp3) is 0.571. The lowest BCUT2D eigenvalue weighted by molar-refractivity contribution is -0.136. The number of carbonyl (C=O) groups excluding carboxylic acids is 1. The van der Waals surface area contributed by atoms with Crippen LogP contribution in [0.1, 0.15) is 78.0 Å². The average molecular weight is 477 g/mol. The van der Waals surface area contributed by atoms with Gasteiger partial charge in [-0.05, 0) is 31.4 Å². The number of anilines is 1. The van der Waals surface area contributed by atoms with Gasteiger partial charge in [-0.1, -0.05) is 65.2 Å². The minimum atomic E-state index is 0.151. The van der Waals surface area contributed by atoms with Crippen molar-refractivity contribution >= 4 is 22.8 Å². The van der Waals surface area contributed by atoms with Gasteiger partial charge in [-0.3, -0.25) is 4.79 Å². The Bertz CT molecular complexity index is 1100. The van der Waals surface area contributed by atoms with Crippen molar-refractivity contribution in [2.45, 2.75) is 72.1 Å². The summed E-state index contributed by atoms with van der Waals surface area (Å²) in [6.07, 6.45) is 8.19. The standard InChI is InChI=1S/C28H40N6O/c1-5-8-13-22(7-3)28(35)33-18-16-32(17-19-33)26-24-20-29-34(23-14-10-9-11-15-23)27(24)31-25(30-26)21(4)12-6-2/h9-11,14-15,20-22H,5-8,12-13,16-19H2,1-4H3. The maximum atomic E-state index is 13.1. The summed E-state index contributed by atoms with van der Waals surface area (Å²) in [6.45, 7) is 11.8. The van der Waals surface area contributed by atoms with Crippen LogP contribution in [0.15, 0.2) is 36.5 Å². The SMILES string of the molecule is CCCCC(CC)C(=O)N1CCN(c2nc(C(C)CCC)nc3c2cnn3-c2ccccc2)CC1. The number of piperazine rings is 1. The molecule has 4 rings (SSSR count). The fourth-order valence-corrected chi connectivity index (χ4v) is 5.04. The van der Waals surface area contributed by atoms with Crippen molar-refractivity contribution in [3.63, 3.8) is 0 Å². The van der Waals surface area contributed by atoms with Crippen LogP contribution in [0.5, 0.6) is 0 Å². The van der Waals surface area contributed by atoms with Gasteiger partial charge in [0.15, 0.2) is 5.65 Å². The predicted molar refractivity (Wildman–Crippen MR) is 142 cm³/mol. The zero-order valence-electron chi connectivity index (χ0n) is 21.8. The van der Waals surface area contributed by atoms with E-state index in [1.807, 2.05) is 29.1 Å². The normalized spacial score (nSPS) is 16.0. The molecule has 35 heavy (non-hydrogen) atoms. The van der Waals surface area contributed by atoms with E-state index >= 15 is 0 Å². The van der Waals surface area contributed by atoms with Gasteiger partial charge in [0.2, 0.25) is 5.91 Å². The molecule has 0 spiro atoms. The highest BCUT2D eigenvalue weighted by molar-refractivity contribution is 5.88. The summed E-state index contributed by atoms with van der Waals surface area (Å²) in [5, 5.41) is 5.66. The van der Waals surface area contributed by atoms with Gasteiger partial charge >= 0.3 is 0 Å². The first-order valence-corrected chi connectivity index (χ1v) is 13.4. The van der Waals surface area contributed by atoms with Crippen molar-refractivity contribution < 1.29 is 4.79 Å². The maximum Gasteiger partial charge on any atom is 0.225 e. The Balaban J connectivity index is 1.61. The summed E-state index contributed by atoms with van der Waals surface area (Å²) in [5.74, 6) is 2.56. The largest absolute Gasteiger partial charge is 0.352 e. The smallest absolute Gasteiger partial charge is 0.225 e. The second-order valence-electron chi connectivity index (χ2n) is 9.78. The molecule has 1 saturated heterocycles. The molecule has 2 aromatic heterocycles. The predicted octanol–water partition coefficient (Wildman–Crippen LogP) is 5.58. The number of nitrogens with zero attached hydrogens (tertiary/aromatic N) is 6. The van der Waals surface area contributed by atoms with E-state index < -0.39 is 0 Å². The summed E-state index contributed by atoms with van der Waals surface area (Å²) < 4.78 is 1.92. The van der Waals surface area contributed by atoms with Gasteiger partial charge in [-0.2, -0.15) is 5.10 Å². The van der Waals surface area contributed by atoms with Crippen LogP contribution in [0.25, 0.3) is 16.7 Å². The molecule has 188 valence electrons. The number of unbranched alkanes of at least 4 members (excludes halogenated alkanes) is 1. The molecular formula is C28H40N6O. The molecule has 2 unspecified atom stereocenters. The minimum absolute atomic E-state index is 0.151. The minimum Gasteiger partial charge on any atom is -0.352 e. The Morgan fingerprint density at radius 3 is 2.37 bits per heavy atom. The Hall–Kier alpha value is -2.96. The van der Waals surface area contributed by atoms with Gasteiger partial charge in [0, 0.05) is 38.0 Å². The molecule has 1 fully saturated rings. The molecule has 0 saturated carbocycles. The third-order valence-electron chi connectivity index (χ3n) is 7.23. The van der Waals surface area contributed by atoms with Crippen molar-refractivity contribution in [2.75, 3.05) is 31.1 Å². The first-order chi connectivity index (χ1) is 17.1. The molecule has 0 N–H and O–H groups in total. The van der Waals surface area contributed by atoms with Crippen LogP contribution in [0.3, 0.4) is 0 Å². The van der Waals surface area contributed by atoms with Gasteiger partial charge in [0.25, 0.3) is 0 Å². The molecule has 0 bridgehead atoms. The summed E-state index contributed by atoms with van der Waals surface area (Å²) >= 11 is 0. The Labute approximate surface area is 209 Å². The number of carbonyl (C=O) groups is 1. The van der Waals surface area contributed by atoms with E-state index in [1.54, 1.807) is 0 Å². The van der Waals surface area contributed by atoms with Crippen molar-refractivity contribution in [3.05, 3.63) is 42.4 Å². The van der Waals surface area contributed by atoms with Crippen molar-refractivity contribution in [3.8, 4) is 5.69 Å². The second-order valence-corrected chi connectivity index (χ2v) is 9.78. The van der Waals surface area contributed by atoms with Crippen LogP contribution in [-0.2, 0) is 4.79 Å². The fourth-order valence-electron chi connectivity index (χ4n) is 5.04. The topological polar surface area (TPSA) is 67.2 Å². The molecule has 1 amide bonds. The maximum absolute atomic E-state index is 13.1. The number of amides is 1. The second kappa shape index (κ2) is 11.6. The molecule has 1 aliphatic rings. The third-order valence-corrected chi connectivity index (χ3v) is 7.23. The lowest BCUT2D eigenvalue weighted by Gasteiger charge is -2.37. The highest BCUT2D eigenvalue weighted by Crippen LogP contribution is 2.30. The molecule has 3 heterocycles.